The van der Waals surface area contributed by atoms with Gasteiger partial charge in [-0.3, -0.25) is 9.36 Å². The van der Waals surface area contributed by atoms with Gasteiger partial charge in [0.15, 0.2) is 5.65 Å². The Morgan fingerprint density at radius 2 is 1.91 bits per heavy atom. The molecular weight excluding hydrogens is 461 g/mol. The Bertz CT molecular complexity index is 1190. The Hall–Kier alpha value is -2.98. The van der Waals surface area contributed by atoms with Crippen molar-refractivity contribution >= 4 is 46.3 Å². The van der Waals surface area contributed by atoms with Crippen LogP contribution in [0.5, 0.6) is 0 Å². The first-order valence-corrected chi connectivity index (χ1v) is 12.0. The van der Waals surface area contributed by atoms with Gasteiger partial charge >= 0.3 is 0 Å². The molecule has 0 atom stereocenters. The summed E-state index contributed by atoms with van der Waals surface area (Å²) in [5, 5.41) is 6.83. The topological polar surface area (TPSA) is 120 Å². The van der Waals surface area contributed by atoms with E-state index in [1.54, 1.807) is 18.3 Å². The minimum absolute atomic E-state index is 0.0318. The first-order chi connectivity index (χ1) is 16.5. The van der Waals surface area contributed by atoms with E-state index in [0.717, 1.165) is 25.7 Å². The van der Waals surface area contributed by atoms with Crippen molar-refractivity contribution < 1.29 is 13.9 Å². The number of ether oxygens (including phenoxy) is 1. The normalized spacial score (nSPS) is 21.5. The van der Waals surface area contributed by atoms with Gasteiger partial charge in [0.2, 0.25) is 17.8 Å². The lowest BCUT2D eigenvalue weighted by atomic mass is 9.85. The van der Waals surface area contributed by atoms with Gasteiger partial charge in [-0.1, -0.05) is 11.6 Å². The van der Waals surface area contributed by atoms with Crippen molar-refractivity contribution in [1.82, 2.24) is 19.5 Å². The van der Waals surface area contributed by atoms with Gasteiger partial charge in [-0.25, -0.2) is 14.4 Å². The summed E-state index contributed by atoms with van der Waals surface area (Å²) in [5.41, 5.74) is 7.05. The lowest BCUT2D eigenvalue weighted by Crippen LogP contribution is -2.29. The van der Waals surface area contributed by atoms with Crippen molar-refractivity contribution in [2.75, 3.05) is 23.8 Å². The van der Waals surface area contributed by atoms with Crippen molar-refractivity contribution in [3.63, 3.8) is 0 Å². The third-order valence-electron chi connectivity index (χ3n) is 6.63. The highest BCUT2D eigenvalue weighted by Gasteiger charge is 2.29. The van der Waals surface area contributed by atoms with Crippen molar-refractivity contribution in [3.05, 3.63) is 35.2 Å². The van der Waals surface area contributed by atoms with Crippen LogP contribution in [0.1, 0.15) is 44.6 Å². The van der Waals surface area contributed by atoms with Crippen LogP contribution >= 0.6 is 11.6 Å². The highest BCUT2D eigenvalue weighted by atomic mass is 35.5. The number of rotatable bonds is 6. The third-order valence-corrected chi connectivity index (χ3v) is 6.86. The maximum atomic E-state index is 14.5. The standard InChI is InChI=1S/C23H27ClFN7O2/c24-14-3-6-18(17(25)11-14)29-23-30-19-12-27-22(28-15-7-9-34-10-8-15)31-21(19)32(23)16-4-1-13(2-5-16)20(26)33/h3,6,11-13,15-16H,1-2,4-5,7-10H2,(H2,26,33)(H,29,30)(H,27,28,31). The van der Waals surface area contributed by atoms with Gasteiger partial charge in [-0.15, -0.1) is 0 Å². The fourth-order valence-electron chi connectivity index (χ4n) is 4.75. The second-order valence-corrected chi connectivity index (χ2v) is 9.33. The summed E-state index contributed by atoms with van der Waals surface area (Å²) in [6.07, 6.45) is 6.31. The maximum absolute atomic E-state index is 14.5. The molecule has 4 N–H and O–H groups in total. The molecule has 5 rings (SSSR count). The molecule has 1 aliphatic carbocycles. The van der Waals surface area contributed by atoms with Crippen molar-refractivity contribution in [2.24, 2.45) is 11.7 Å². The number of imidazole rings is 1. The molecule has 2 aliphatic rings. The van der Waals surface area contributed by atoms with E-state index in [0.29, 0.717) is 54.1 Å². The summed E-state index contributed by atoms with van der Waals surface area (Å²) in [7, 11) is 0. The fourth-order valence-corrected chi connectivity index (χ4v) is 4.91. The minimum atomic E-state index is -0.475. The van der Waals surface area contributed by atoms with Crippen LogP contribution in [0.25, 0.3) is 11.2 Å². The number of primary amides is 1. The second kappa shape index (κ2) is 9.71. The van der Waals surface area contributed by atoms with Crippen LogP contribution in [-0.4, -0.2) is 44.7 Å². The van der Waals surface area contributed by atoms with Crippen molar-refractivity contribution in [3.8, 4) is 0 Å². The molecule has 0 bridgehead atoms. The molecule has 2 fully saturated rings. The number of aromatic nitrogens is 4. The van der Waals surface area contributed by atoms with Gasteiger partial charge in [0.1, 0.15) is 11.3 Å². The molecule has 180 valence electrons. The molecular formula is C23H27ClFN7O2. The second-order valence-electron chi connectivity index (χ2n) is 8.90. The number of carbonyl (C=O) groups excluding carboxylic acids is 1. The number of carbonyl (C=O) groups is 1. The van der Waals surface area contributed by atoms with E-state index < -0.39 is 5.82 Å². The maximum Gasteiger partial charge on any atom is 0.224 e. The van der Waals surface area contributed by atoms with E-state index in [9.17, 15) is 9.18 Å². The van der Waals surface area contributed by atoms with Crippen LogP contribution in [0.15, 0.2) is 24.4 Å². The molecule has 0 radical (unpaired) electrons. The molecule has 11 heteroatoms. The molecule has 34 heavy (non-hydrogen) atoms. The van der Waals surface area contributed by atoms with Gasteiger partial charge in [0.25, 0.3) is 0 Å². The van der Waals surface area contributed by atoms with Crippen molar-refractivity contribution in [2.45, 2.75) is 50.6 Å². The predicted molar refractivity (Wildman–Crippen MR) is 128 cm³/mol. The Kier molecular flexibility index (Phi) is 6.51. The van der Waals surface area contributed by atoms with Crippen molar-refractivity contribution in [1.29, 1.82) is 0 Å². The first-order valence-electron chi connectivity index (χ1n) is 11.6. The van der Waals surface area contributed by atoms with Crippen LogP contribution in [-0.2, 0) is 9.53 Å². The lowest BCUT2D eigenvalue weighted by molar-refractivity contribution is -0.122. The Labute approximate surface area is 201 Å². The summed E-state index contributed by atoms with van der Waals surface area (Å²) in [6, 6.07) is 4.73. The summed E-state index contributed by atoms with van der Waals surface area (Å²) in [5.74, 6) is 0.126. The number of fused-ring (bicyclic) bond motifs is 1. The molecule has 9 nitrogen and oxygen atoms in total. The van der Waals surface area contributed by atoms with E-state index in [1.165, 1.54) is 6.07 Å². The zero-order chi connectivity index (χ0) is 23.7. The smallest absolute Gasteiger partial charge is 0.224 e. The molecule has 2 aromatic heterocycles. The summed E-state index contributed by atoms with van der Waals surface area (Å²) in [4.78, 5) is 25.6. The van der Waals surface area contributed by atoms with E-state index in [2.05, 4.69) is 20.6 Å². The van der Waals surface area contributed by atoms with Crippen LogP contribution in [0, 0.1) is 11.7 Å². The van der Waals surface area contributed by atoms with E-state index in [-0.39, 0.29) is 29.6 Å². The monoisotopic (exact) mass is 487 g/mol. The number of hydrogen-bond acceptors (Lipinski definition) is 7. The summed E-state index contributed by atoms with van der Waals surface area (Å²) < 4.78 is 22.0. The van der Waals surface area contributed by atoms with Gasteiger partial charge in [-0.05, 0) is 56.7 Å². The fraction of sp³-hybridized carbons (Fsp3) is 0.478. The van der Waals surface area contributed by atoms with E-state index in [4.69, 9.17) is 27.1 Å². The van der Waals surface area contributed by atoms with Gasteiger partial charge < -0.3 is 21.1 Å². The Morgan fingerprint density at radius 3 is 2.62 bits per heavy atom. The zero-order valence-electron chi connectivity index (χ0n) is 18.6. The number of benzene rings is 1. The SMILES string of the molecule is NC(=O)C1CCC(n2c(Nc3ccc(Cl)cc3F)nc3cnc(NC4CCOCC4)nc32)CC1. The molecule has 3 aromatic rings. The number of nitrogens with zero attached hydrogens (tertiary/aromatic N) is 4. The molecule has 0 spiro atoms. The molecule has 1 saturated carbocycles. The average molecular weight is 488 g/mol. The van der Waals surface area contributed by atoms with Crippen LogP contribution in [0.4, 0.5) is 22.0 Å². The first kappa shape index (κ1) is 22.8. The largest absolute Gasteiger partial charge is 0.381 e. The number of anilines is 3. The van der Waals surface area contributed by atoms with Gasteiger partial charge in [-0.2, -0.15) is 4.98 Å². The van der Waals surface area contributed by atoms with Gasteiger partial charge in [0.05, 0.1) is 11.9 Å². The van der Waals surface area contributed by atoms with Crippen LogP contribution in [0.2, 0.25) is 5.02 Å². The quantitative estimate of drug-likeness (QED) is 0.477. The predicted octanol–water partition coefficient (Wildman–Crippen LogP) is 4.17. The minimum Gasteiger partial charge on any atom is -0.381 e. The number of amides is 1. The number of halogens is 2. The van der Waals surface area contributed by atoms with E-state index >= 15 is 0 Å². The van der Waals surface area contributed by atoms with Gasteiger partial charge in [0, 0.05) is 36.2 Å². The molecule has 1 aliphatic heterocycles. The molecule has 1 aromatic carbocycles. The highest BCUT2D eigenvalue weighted by molar-refractivity contribution is 6.30. The number of nitrogens with two attached hydrogens (primary N) is 1. The van der Waals surface area contributed by atoms with Crippen LogP contribution < -0.4 is 16.4 Å². The zero-order valence-corrected chi connectivity index (χ0v) is 19.4. The molecule has 1 saturated heterocycles. The summed E-state index contributed by atoms with van der Waals surface area (Å²) in [6.45, 7) is 1.42. The highest BCUT2D eigenvalue weighted by Crippen LogP contribution is 2.37. The number of nitrogens with one attached hydrogen (secondary N) is 2. The molecule has 1 amide bonds. The van der Waals surface area contributed by atoms with Crippen LogP contribution in [0.3, 0.4) is 0 Å². The Balaban J connectivity index is 1.50. The third kappa shape index (κ3) is 4.78. The number of hydrogen-bond donors (Lipinski definition) is 3. The Morgan fingerprint density at radius 1 is 1.15 bits per heavy atom. The molecule has 3 heterocycles. The summed E-state index contributed by atoms with van der Waals surface area (Å²) >= 11 is 5.91. The molecule has 0 unspecified atom stereocenters. The lowest BCUT2D eigenvalue weighted by Gasteiger charge is -2.29. The average Bonchev–Trinajstić information content (AvgIpc) is 3.19. The van der Waals surface area contributed by atoms with E-state index in [1.807, 2.05) is 4.57 Å².